The van der Waals surface area contributed by atoms with Gasteiger partial charge >= 0.3 is 0 Å². The average Bonchev–Trinajstić information content (AvgIpc) is 3.85. The fourth-order valence-corrected chi connectivity index (χ4v) is 6.15. The number of aromatic nitrogens is 8. The molecule has 0 aliphatic heterocycles. The monoisotopic (exact) mass is 668 g/mol. The maximum atomic E-state index is 13.0. The van der Waals surface area contributed by atoms with Crippen LogP contribution in [0.25, 0.3) is 28.1 Å². The van der Waals surface area contributed by atoms with E-state index in [4.69, 9.17) is 0 Å². The van der Waals surface area contributed by atoms with E-state index < -0.39 is 0 Å². The first kappa shape index (κ1) is 31.5. The number of carbonyl (C=O) groups is 2. The minimum absolute atomic E-state index is 0.113. The van der Waals surface area contributed by atoms with Crippen LogP contribution < -0.4 is 10.6 Å². The van der Waals surface area contributed by atoms with E-state index in [-0.39, 0.29) is 17.6 Å². The summed E-state index contributed by atoms with van der Waals surface area (Å²) in [5.41, 5.74) is 6.56. The van der Waals surface area contributed by atoms with E-state index in [1.165, 1.54) is 17.3 Å². The fraction of sp³-hybridized carbons (Fsp3) is 0.139. The number of hydrogen-bond acceptors (Lipinski definition) is 8. The summed E-state index contributed by atoms with van der Waals surface area (Å²) in [6.45, 7) is 2.58. The van der Waals surface area contributed by atoms with Crippen LogP contribution in [0, 0.1) is 0 Å². The summed E-state index contributed by atoms with van der Waals surface area (Å²) < 4.78 is 5.72. The number of thioether (sulfide) groups is 1. The number of carbonyl (C=O) groups excluding carboxylic acids is 2. The molecule has 0 unspecified atom stereocenters. The first-order valence-electron chi connectivity index (χ1n) is 15.7. The highest BCUT2D eigenvalue weighted by Gasteiger charge is 2.18. The van der Waals surface area contributed by atoms with Crippen LogP contribution in [0.2, 0.25) is 0 Å². The number of para-hydroxylation sites is 2. The van der Waals surface area contributed by atoms with Crippen LogP contribution in [0.5, 0.6) is 0 Å². The van der Waals surface area contributed by atoms with Crippen LogP contribution >= 0.6 is 11.8 Å². The minimum atomic E-state index is -0.285. The molecule has 244 valence electrons. The van der Waals surface area contributed by atoms with E-state index in [1.807, 2.05) is 64.7 Å². The van der Waals surface area contributed by atoms with Crippen molar-refractivity contribution in [2.24, 2.45) is 7.05 Å². The largest absolute Gasteiger partial charge is 0.330 e. The van der Waals surface area contributed by atoms with E-state index in [1.54, 1.807) is 53.7 Å². The molecule has 0 bridgehead atoms. The Balaban J connectivity index is 0.963. The zero-order valence-corrected chi connectivity index (χ0v) is 27.6. The Bertz CT molecular complexity index is 2240. The van der Waals surface area contributed by atoms with Crippen molar-refractivity contribution in [1.82, 2.24) is 39.1 Å². The Labute approximate surface area is 286 Å². The SMILES string of the molecule is CCc1ccc(-n2c(SCC(=O)Nc3ccc(C(=O)Nc4cnn(Cc5nc6ccccc6n5C)c4)cc3)nnc2-c2ccncc2)cc1. The molecule has 49 heavy (non-hydrogen) atoms. The fourth-order valence-electron chi connectivity index (χ4n) is 5.40. The number of rotatable bonds is 11. The molecule has 0 radical (unpaired) electrons. The lowest BCUT2D eigenvalue weighted by molar-refractivity contribution is -0.113. The third-order valence-corrected chi connectivity index (χ3v) is 8.94. The van der Waals surface area contributed by atoms with Crippen molar-refractivity contribution in [2.75, 3.05) is 16.4 Å². The standard InChI is InChI=1S/C36H32N10O2S/c1-3-24-8-14-29(15-9-24)46-34(25-16-18-37-19-17-25)42-43-36(46)49-23-33(47)39-27-12-10-26(11-13-27)35(48)40-28-20-38-45(21-28)22-32-41-30-6-4-5-7-31(30)44(32)2/h4-21H,3,22-23H2,1-2H3,(H,39,47)(H,40,48). The predicted molar refractivity (Wildman–Crippen MR) is 190 cm³/mol. The quantitative estimate of drug-likeness (QED) is 0.160. The van der Waals surface area contributed by atoms with Gasteiger partial charge in [0.15, 0.2) is 11.0 Å². The van der Waals surface area contributed by atoms with E-state index in [2.05, 4.69) is 55.0 Å². The number of benzene rings is 3. The van der Waals surface area contributed by atoms with Gasteiger partial charge in [-0.25, -0.2) is 4.98 Å². The lowest BCUT2D eigenvalue weighted by atomic mass is 10.1. The molecule has 7 rings (SSSR count). The highest BCUT2D eigenvalue weighted by Crippen LogP contribution is 2.28. The topological polar surface area (TPSA) is 137 Å². The maximum Gasteiger partial charge on any atom is 0.255 e. The molecule has 0 atom stereocenters. The number of imidazole rings is 1. The number of aryl methyl sites for hydroxylation is 2. The van der Waals surface area contributed by atoms with Crippen molar-refractivity contribution < 1.29 is 9.59 Å². The molecule has 0 spiro atoms. The van der Waals surface area contributed by atoms with Gasteiger partial charge in [0, 0.05) is 48.1 Å². The summed E-state index contributed by atoms with van der Waals surface area (Å²) in [5, 5.41) is 19.6. The van der Waals surface area contributed by atoms with Gasteiger partial charge in [-0.1, -0.05) is 43.0 Å². The normalized spacial score (nSPS) is 11.1. The maximum absolute atomic E-state index is 13.0. The molecule has 2 amide bonds. The molecule has 7 aromatic rings. The second-order valence-electron chi connectivity index (χ2n) is 11.3. The first-order chi connectivity index (χ1) is 23.9. The third-order valence-electron chi connectivity index (χ3n) is 8.01. The van der Waals surface area contributed by atoms with Gasteiger partial charge in [-0.05, 0) is 72.6 Å². The van der Waals surface area contributed by atoms with Gasteiger partial charge in [-0.3, -0.25) is 23.8 Å². The van der Waals surface area contributed by atoms with Crippen molar-refractivity contribution in [1.29, 1.82) is 0 Å². The molecule has 0 aliphatic rings. The van der Waals surface area contributed by atoms with Gasteiger partial charge < -0.3 is 15.2 Å². The Morgan fingerprint density at radius 1 is 0.857 bits per heavy atom. The van der Waals surface area contributed by atoms with Crippen LogP contribution in [0.4, 0.5) is 11.4 Å². The summed E-state index contributed by atoms with van der Waals surface area (Å²) in [6.07, 6.45) is 7.73. The highest BCUT2D eigenvalue weighted by molar-refractivity contribution is 7.99. The third kappa shape index (κ3) is 6.97. The van der Waals surface area contributed by atoms with Crippen LogP contribution in [0.3, 0.4) is 0 Å². The Hall–Kier alpha value is -6.08. The van der Waals surface area contributed by atoms with Gasteiger partial charge in [0.2, 0.25) is 5.91 Å². The minimum Gasteiger partial charge on any atom is -0.330 e. The summed E-state index contributed by atoms with van der Waals surface area (Å²) in [6, 6.07) is 26.7. The first-order valence-corrected chi connectivity index (χ1v) is 16.7. The van der Waals surface area contributed by atoms with Gasteiger partial charge in [-0.15, -0.1) is 10.2 Å². The number of anilines is 2. The van der Waals surface area contributed by atoms with E-state index in [0.717, 1.165) is 34.5 Å². The predicted octanol–water partition coefficient (Wildman–Crippen LogP) is 6.01. The molecule has 0 saturated carbocycles. The molecule has 3 aromatic carbocycles. The molecular formula is C36H32N10O2S. The molecule has 0 aliphatic carbocycles. The lowest BCUT2D eigenvalue weighted by Gasteiger charge is -2.11. The second kappa shape index (κ2) is 14.0. The van der Waals surface area contributed by atoms with Crippen LogP contribution in [-0.2, 0) is 24.8 Å². The van der Waals surface area contributed by atoms with Gasteiger partial charge in [0.1, 0.15) is 5.82 Å². The molecule has 4 heterocycles. The number of nitrogens with zero attached hydrogens (tertiary/aromatic N) is 8. The van der Waals surface area contributed by atoms with Crippen molar-refractivity contribution in [2.45, 2.75) is 25.0 Å². The Morgan fingerprint density at radius 3 is 2.39 bits per heavy atom. The lowest BCUT2D eigenvalue weighted by Crippen LogP contribution is -2.15. The molecule has 13 heteroatoms. The number of amides is 2. The molecule has 0 saturated heterocycles. The molecule has 12 nitrogen and oxygen atoms in total. The summed E-state index contributed by atoms with van der Waals surface area (Å²) >= 11 is 1.29. The molecule has 4 aromatic heterocycles. The molecular weight excluding hydrogens is 637 g/mol. The van der Waals surface area contributed by atoms with Crippen LogP contribution in [0.1, 0.15) is 28.7 Å². The number of nitrogens with one attached hydrogen (secondary N) is 2. The molecule has 2 N–H and O–H groups in total. The second-order valence-corrected chi connectivity index (χ2v) is 12.2. The Kier molecular flexibility index (Phi) is 8.98. The van der Waals surface area contributed by atoms with E-state index >= 15 is 0 Å². The van der Waals surface area contributed by atoms with Crippen molar-refractivity contribution in [3.8, 4) is 17.1 Å². The summed E-state index contributed by atoms with van der Waals surface area (Å²) in [4.78, 5) is 34.7. The van der Waals surface area contributed by atoms with Crippen molar-refractivity contribution in [3.63, 3.8) is 0 Å². The zero-order valence-electron chi connectivity index (χ0n) is 26.8. The van der Waals surface area contributed by atoms with Crippen molar-refractivity contribution in [3.05, 3.63) is 127 Å². The van der Waals surface area contributed by atoms with Crippen LogP contribution in [-0.4, -0.2) is 56.6 Å². The van der Waals surface area contributed by atoms with Crippen LogP contribution in [0.15, 0.2) is 115 Å². The summed E-state index contributed by atoms with van der Waals surface area (Å²) in [7, 11) is 1.97. The number of hydrogen-bond donors (Lipinski definition) is 2. The Morgan fingerprint density at radius 2 is 1.63 bits per heavy atom. The molecule has 0 fully saturated rings. The smallest absolute Gasteiger partial charge is 0.255 e. The zero-order chi connectivity index (χ0) is 33.7. The van der Waals surface area contributed by atoms with E-state index in [9.17, 15) is 9.59 Å². The van der Waals surface area contributed by atoms with Gasteiger partial charge in [0.25, 0.3) is 5.91 Å². The van der Waals surface area contributed by atoms with E-state index in [0.29, 0.717) is 34.5 Å². The summed E-state index contributed by atoms with van der Waals surface area (Å²) in [5.74, 6) is 1.14. The highest BCUT2D eigenvalue weighted by atomic mass is 32.2. The number of pyridine rings is 1. The van der Waals surface area contributed by atoms with Gasteiger partial charge in [-0.2, -0.15) is 5.10 Å². The average molecular weight is 669 g/mol. The number of fused-ring (bicyclic) bond motifs is 1. The van der Waals surface area contributed by atoms with Crippen molar-refractivity contribution >= 4 is 46.0 Å². The van der Waals surface area contributed by atoms with Gasteiger partial charge in [0.05, 0.1) is 35.2 Å².